The normalized spacial score (nSPS) is 19.1. The highest BCUT2D eigenvalue weighted by Gasteiger charge is 2.44. The van der Waals surface area contributed by atoms with Crippen LogP contribution in [0.5, 0.6) is 11.5 Å². The molecule has 4 rings (SSSR count). The molecular weight excluding hydrogens is 444 g/mol. The standard InChI is InChI=1S/C28H34N2O5/c1-5-29(6-2)13-14-30-25(20-9-7-19(8-10-20)18(3)4)24(27(32)28(30)33)26(31)21-11-12-22-23(17-21)35-16-15-34-22/h7-12,17-18,25,31H,5-6,13-16H2,1-4H3/b26-24+. The van der Waals surface area contributed by atoms with Crippen molar-refractivity contribution in [3.63, 3.8) is 0 Å². The van der Waals surface area contributed by atoms with Gasteiger partial charge in [0.05, 0.1) is 32.2 Å². The first-order valence-electron chi connectivity index (χ1n) is 12.5. The molecule has 7 nitrogen and oxygen atoms in total. The smallest absolute Gasteiger partial charge is 0.295 e. The van der Waals surface area contributed by atoms with Crippen molar-refractivity contribution in [3.05, 3.63) is 64.7 Å². The van der Waals surface area contributed by atoms with Gasteiger partial charge in [0.1, 0.15) is 13.2 Å². The number of benzene rings is 2. The minimum absolute atomic E-state index is 0.00137. The number of ether oxygens (including phenoxy) is 2. The van der Waals surface area contributed by atoms with Crippen LogP contribution in [0, 0.1) is 0 Å². The van der Waals surface area contributed by atoms with Gasteiger partial charge in [-0.1, -0.05) is 49.9 Å². The highest BCUT2D eigenvalue weighted by Crippen LogP contribution is 2.40. The minimum Gasteiger partial charge on any atom is -0.872 e. The van der Waals surface area contributed by atoms with Crippen molar-refractivity contribution >= 4 is 17.4 Å². The van der Waals surface area contributed by atoms with E-state index in [1.165, 1.54) is 4.90 Å². The number of rotatable bonds is 8. The fourth-order valence-electron chi connectivity index (χ4n) is 4.73. The summed E-state index contributed by atoms with van der Waals surface area (Å²) in [6.45, 7) is 12.2. The molecule has 0 bridgehead atoms. The Morgan fingerprint density at radius 3 is 2.31 bits per heavy atom. The Morgan fingerprint density at radius 2 is 1.69 bits per heavy atom. The summed E-state index contributed by atoms with van der Waals surface area (Å²) in [5.41, 5.74) is 2.23. The summed E-state index contributed by atoms with van der Waals surface area (Å²) < 4.78 is 11.2. The number of hydrogen-bond donors (Lipinski definition) is 1. The zero-order valence-electron chi connectivity index (χ0n) is 20.9. The topological polar surface area (TPSA) is 83.3 Å². The second kappa shape index (κ2) is 10.5. The van der Waals surface area contributed by atoms with Crippen LogP contribution in [-0.2, 0) is 9.59 Å². The van der Waals surface area contributed by atoms with E-state index in [-0.39, 0.29) is 5.57 Å². The molecular formula is C28H34N2O5. The van der Waals surface area contributed by atoms with Gasteiger partial charge in [-0.3, -0.25) is 9.59 Å². The van der Waals surface area contributed by atoms with Gasteiger partial charge in [-0.05, 0) is 48.6 Å². The summed E-state index contributed by atoms with van der Waals surface area (Å²) in [6.07, 6.45) is 0. The van der Waals surface area contributed by atoms with Crippen LogP contribution in [0.1, 0.15) is 56.3 Å². The van der Waals surface area contributed by atoms with Crippen molar-refractivity contribution in [1.82, 2.24) is 4.90 Å². The minimum atomic E-state index is -0.725. The maximum atomic E-state index is 13.7. The third-order valence-corrected chi connectivity index (χ3v) is 6.96. The van der Waals surface area contributed by atoms with Crippen LogP contribution in [0.4, 0.5) is 0 Å². The van der Waals surface area contributed by atoms with Gasteiger partial charge >= 0.3 is 0 Å². The third-order valence-electron chi connectivity index (χ3n) is 6.96. The van der Waals surface area contributed by atoms with E-state index < -0.39 is 23.5 Å². The molecule has 1 atom stereocenters. The lowest BCUT2D eigenvalue weighted by Gasteiger charge is -2.29. The average molecular weight is 479 g/mol. The SMILES string of the molecule is CC[NH+](CC)CCN1C(=O)C(=O)/C(=C(/[O-])c2ccc3c(c2)OCCO3)C1c1ccc(C(C)C)cc1. The van der Waals surface area contributed by atoms with Crippen LogP contribution < -0.4 is 19.5 Å². The number of likely N-dealkylation sites (N-methyl/N-ethyl adjacent to an activating group) is 1. The Hall–Kier alpha value is -3.32. The summed E-state index contributed by atoms with van der Waals surface area (Å²) in [4.78, 5) is 29.3. The van der Waals surface area contributed by atoms with E-state index in [1.54, 1.807) is 23.1 Å². The van der Waals surface area contributed by atoms with Gasteiger partial charge in [0, 0.05) is 5.57 Å². The summed E-state index contributed by atoms with van der Waals surface area (Å²) in [5, 5.41) is 13.7. The van der Waals surface area contributed by atoms with E-state index in [0.717, 1.165) is 24.2 Å². The van der Waals surface area contributed by atoms with Crippen LogP contribution in [0.25, 0.3) is 5.76 Å². The van der Waals surface area contributed by atoms with E-state index in [1.807, 2.05) is 24.3 Å². The molecule has 0 saturated carbocycles. The number of Topliss-reactive ketones (excluding diaryl/α,β-unsaturated/α-hetero) is 1. The molecule has 2 aromatic carbocycles. The van der Waals surface area contributed by atoms with Gasteiger partial charge in [0.2, 0.25) is 5.78 Å². The zero-order chi connectivity index (χ0) is 25.1. The third kappa shape index (κ3) is 4.91. The van der Waals surface area contributed by atoms with Gasteiger partial charge in [0.15, 0.2) is 11.5 Å². The van der Waals surface area contributed by atoms with Gasteiger partial charge in [-0.15, -0.1) is 0 Å². The molecule has 7 heteroatoms. The van der Waals surface area contributed by atoms with Crippen LogP contribution in [-0.4, -0.2) is 56.0 Å². The number of ketones is 1. The van der Waals surface area contributed by atoms with Crippen molar-refractivity contribution in [1.29, 1.82) is 0 Å². The Balaban J connectivity index is 1.78. The zero-order valence-corrected chi connectivity index (χ0v) is 20.9. The van der Waals surface area contributed by atoms with Gasteiger partial charge in [-0.2, -0.15) is 0 Å². The van der Waals surface area contributed by atoms with E-state index in [9.17, 15) is 14.7 Å². The number of hydrogen-bond acceptors (Lipinski definition) is 5. The lowest BCUT2D eigenvalue weighted by molar-refractivity contribution is -0.895. The first-order valence-corrected chi connectivity index (χ1v) is 12.5. The highest BCUT2D eigenvalue weighted by molar-refractivity contribution is 6.46. The van der Waals surface area contributed by atoms with Crippen molar-refractivity contribution in [3.8, 4) is 11.5 Å². The molecule has 35 heavy (non-hydrogen) atoms. The quantitative estimate of drug-likeness (QED) is 0.355. The number of fused-ring (bicyclic) bond motifs is 1. The second-order valence-electron chi connectivity index (χ2n) is 9.36. The molecule has 1 fully saturated rings. The molecule has 186 valence electrons. The predicted molar refractivity (Wildman–Crippen MR) is 131 cm³/mol. The number of likely N-dealkylation sites (tertiary alicyclic amines) is 1. The molecule has 1 N–H and O–H groups in total. The van der Waals surface area contributed by atoms with Gasteiger partial charge in [0.25, 0.3) is 5.91 Å². The van der Waals surface area contributed by atoms with E-state index >= 15 is 0 Å². The lowest BCUT2D eigenvalue weighted by atomic mass is 9.93. The van der Waals surface area contributed by atoms with Gasteiger partial charge in [-0.25, -0.2) is 0 Å². The summed E-state index contributed by atoms with van der Waals surface area (Å²) in [7, 11) is 0. The van der Waals surface area contributed by atoms with Crippen molar-refractivity contribution in [2.24, 2.45) is 0 Å². The molecule has 1 unspecified atom stereocenters. The number of carbonyl (C=O) groups excluding carboxylic acids is 2. The second-order valence-corrected chi connectivity index (χ2v) is 9.36. The summed E-state index contributed by atoms with van der Waals surface area (Å²) in [6, 6.07) is 12.1. The first kappa shape index (κ1) is 24.8. The number of nitrogens with zero attached hydrogens (tertiary/aromatic N) is 1. The molecule has 1 amide bonds. The Labute approximate surface area is 206 Å². The Kier molecular flexibility index (Phi) is 7.45. The van der Waals surface area contributed by atoms with Crippen LogP contribution >= 0.6 is 0 Å². The van der Waals surface area contributed by atoms with Crippen LogP contribution in [0.3, 0.4) is 0 Å². The van der Waals surface area contributed by atoms with E-state index in [2.05, 4.69) is 27.7 Å². The maximum Gasteiger partial charge on any atom is 0.295 e. The molecule has 2 aliphatic heterocycles. The monoisotopic (exact) mass is 478 g/mol. The number of carbonyl (C=O) groups is 2. The van der Waals surface area contributed by atoms with Crippen molar-refractivity contribution < 1.29 is 29.1 Å². The Bertz CT molecular complexity index is 1120. The largest absolute Gasteiger partial charge is 0.872 e. The highest BCUT2D eigenvalue weighted by atomic mass is 16.6. The molecule has 2 aliphatic rings. The number of quaternary nitrogens is 1. The van der Waals surface area contributed by atoms with Crippen molar-refractivity contribution in [2.45, 2.75) is 39.7 Å². The predicted octanol–water partition coefficient (Wildman–Crippen LogP) is 1.73. The van der Waals surface area contributed by atoms with Crippen LogP contribution in [0.2, 0.25) is 0 Å². The maximum absolute atomic E-state index is 13.7. The summed E-state index contributed by atoms with van der Waals surface area (Å²) >= 11 is 0. The average Bonchev–Trinajstić information content (AvgIpc) is 3.13. The Morgan fingerprint density at radius 1 is 1.03 bits per heavy atom. The molecule has 1 saturated heterocycles. The molecule has 0 radical (unpaired) electrons. The molecule has 2 heterocycles. The first-order chi connectivity index (χ1) is 16.8. The molecule has 2 aromatic rings. The molecule has 0 aliphatic carbocycles. The van der Waals surface area contributed by atoms with Crippen LogP contribution in [0.15, 0.2) is 48.0 Å². The van der Waals surface area contributed by atoms with Gasteiger partial charge < -0.3 is 24.4 Å². The van der Waals surface area contributed by atoms with Crippen molar-refractivity contribution in [2.75, 3.05) is 39.4 Å². The molecule has 0 spiro atoms. The molecule has 0 aromatic heterocycles. The summed E-state index contributed by atoms with van der Waals surface area (Å²) in [5.74, 6) is -0.402. The lowest BCUT2D eigenvalue weighted by Crippen LogP contribution is -3.12. The van der Waals surface area contributed by atoms with E-state index in [0.29, 0.717) is 49.3 Å². The fraction of sp³-hybridized carbons (Fsp3) is 0.429. The number of amides is 1. The number of nitrogens with one attached hydrogen (secondary N) is 1. The fourth-order valence-corrected chi connectivity index (χ4v) is 4.73. The van der Waals surface area contributed by atoms with E-state index in [4.69, 9.17) is 9.47 Å².